The van der Waals surface area contributed by atoms with Crippen molar-refractivity contribution in [3.05, 3.63) is 188 Å². The van der Waals surface area contributed by atoms with Gasteiger partial charge in [-0.3, -0.25) is 0 Å². The van der Waals surface area contributed by atoms with E-state index in [1.807, 2.05) is 36.4 Å². The lowest BCUT2D eigenvalue weighted by atomic mass is 9.92. The van der Waals surface area contributed by atoms with E-state index in [1.54, 1.807) is 0 Å². The number of aromatic nitrogens is 3. The van der Waals surface area contributed by atoms with Gasteiger partial charge in [0.25, 0.3) is 0 Å². The zero-order chi connectivity index (χ0) is 36.3. The fraction of sp³-hybridized carbons (Fsp3) is 0. The molecular formula is C51H31N3O. The summed E-state index contributed by atoms with van der Waals surface area (Å²) < 4.78 is 6.61. The molecule has 0 bridgehead atoms. The molecule has 9 aromatic carbocycles. The molecule has 0 aliphatic heterocycles. The fourth-order valence-electron chi connectivity index (χ4n) is 8.17. The van der Waals surface area contributed by atoms with Gasteiger partial charge < -0.3 is 4.42 Å². The molecule has 0 atom stereocenters. The van der Waals surface area contributed by atoms with Gasteiger partial charge in [-0.1, -0.05) is 164 Å². The Hall–Kier alpha value is -7.43. The van der Waals surface area contributed by atoms with E-state index in [0.717, 1.165) is 49.8 Å². The van der Waals surface area contributed by atoms with E-state index in [0.29, 0.717) is 17.5 Å². The van der Waals surface area contributed by atoms with Crippen LogP contribution < -0.4 is 0 Å². The minimum absolute atomic E-state index is 0.587. The molecule has 256 valence electrons. The summed E-state index contributed by atoms with van der Waals surface area (Å²) in [6.07, 6.45) is 0. The van der Waals surface area contributed by atoms with Crippen molar-refractivity contribution in [2.75, 3.05) is 0 Å². The van der Waals surface area contributed by atoms with Gasteiger partial charge in [0.1, 0.15) is 11.2 Å². The highest BCUT2D eigenvalue weighted by Gasteiger charge is 2.19. The number of benzene rings is 9. The molecule has 0 radical (unpaired) electrons. The van der Waals surface area contributed by atoms with Crippen LogP contribution in [0.15, 0.2) is 192 Å². The summed E-state index contributed by atoms with van der Waals surface area (Å²) in [7, 11) is 0. The van der Waals surface area contributed by atoms with E-state index >= 15 is 0 Å². The molecule has 2 aromatic heterocycles. The quantitative estimate of drug-likeness (QED) is 0.168. The summed E-state index contributed by atoms with van der Waals surface area (Å²) in [5, 5.41) is 9.43. The molecule has 0 amide bonds. The van der Waals surface area contributed by atoms with Crippen LogP contribution in [-0.4, -0.2) is 15.0 Å². The van der Waals surface area contributed by atoms with E-state index in [4.69, 9.17) is 19.4 Å². The average molecular weight is 702 g/mol. The zero-order valence-electron chi connectivity index (χ0n) is 29.6. The van der Waals surface area contributed by atoms with Crippen LogP contribution in [0.3, 0.4) is 0 Å². The highest BCUT2D eigenvalue weighted by atomic mass is 16.3. The lowest BCUT2D eigenvalue weighted by Crippen LogP contribution is -2.00. The van der Waals surface area contributed by atoms with Crippen LogP contribution >= 0.6 is 0 Å². The minimum atomic E-state index is 0.587. The first-order chi connectivity index (χ1) is 27.3. The molecule has 0 N–H and O–H groups in total. The highest BCUT2D eigenvalue weighted by Crippen LogP contribution is 2.42. The van der Waals surface area contributed by atoms with E-state index in [-0.39, 0.29) is 0 Å². The van der Waals surface area contributed by atoms with Crippen LogP contribution in [0.4, 0.5) is 0 Å². The van der Waals surface area contributed by atoms with Crippen molar-refractivity contribution >= 4 is 54.3 Å². The Morgan fingerprint density at radius 1 is 0.273 bits per heavy atom. The second kappa shape index (κ2) is 12.6. The maximum atomic E-state index is 6.61. The number of fused-ring (bicyclic) bond motifs is 9. The molecule has 4 heteroatoms. The molecule has 0 spiro atoms. The Kier molecular flexibility index (Phi) is 7.14. The van der Waals surface area contributed by atoms with Crippen molar-refractivity contribution in [1.82, 2.24) is 15.0 Å². The van der Waals surface area contributed by atoms with E-state index in [2.05, 4.69) is 152 Å². The Bertz CT molecular complexity index is 3220. The topological polar surface area (TPSA) is 51.8 Å². The van der Waals surface area contributed by atoms with Gasteiger partial charge in [-0.15, -0.1) is 0 Å². The number of hydrogen-bond donors (Lipinski definition) is 0. The lowest BCUT2D eigenvalue weighted by molar-refractivity contribution is 0.669. The Balaban J connectivity index is 1.09. The Labute approximate surface area is 317 Å². The first-order valence-corrected chi connectivity index (χ1v) is 18.5. The third kappa shape index (κ3) is 5.19. The molecule has 4 nitrogen and oxygen atoms in total. The monoisotopic (exact) mass is 701 g/mol. The van der Waals surface area contributed by atoms with Crippen LogP contribution in [-0.2, 0) is 0 Å². The number of rotatable bonds is 5. The maximum Gasteiger partial charge on any atom is 0.164 e. The summed E-state index contributed by atoms with van der Waals surface area (Å²) in [6.45, 7) is 0. The van der Waals surface area contributed by atoms with Gasteiger partial charge in [-0.25, -0.2) is 15.0 Å². The summed E-state index contributed by atoms with van der Waals surface area (Å²) in [4.78, 5) is 15.3. The van der Waals surface area contributed by atoms with Crippen molar-refractivity contribution in [2.24, 2.45) is 0 Å². The molecule has 0 aliphatic carbocycles. The first-order valence-electron chi connectivity index (χ1n) is 18.5. The zero-order valence-corrected chi connectivity index (χ0v) is 29.6. The molecule has 0 fully saturated rings. The van der Waals surface area contributed by atoms with Gasteiger partial charge in [-0.2, -0.15) is 0 Å². The fourth-order valence-corrected chi connectivity index (χ4v) is 8.17. The summed E-state index contributed by atoms with van der Waals surface area (Å²) in [6, 6.07) is 65.7. The third-order valence-corrected chi connectivity index (χ3v) is 10.7. The van der Waals surface area contributed by atoms with Crippen molar-refractivity contribution in [3.8, 4) is 56.4 Å². The van der Waals surface area contributed by atoms with Crippen molar-refractivity contribution in [2.45, 2.75) is 0 Å². The van der Waals surface area contributed by atoms with Crippen LogP contribution in [0.2, 0.25) is 0 Å². The van der Waals surface area contributed by atoms with Crippen LogP contribution in [0, 0.1) is 0 Å². The molecule has 0 unspecified atom stereocenters. The lowest BCUT2D eigenvalue weighted by Gasteiger charge is -2.12. The standard InChI is InChI=1S/C51H31N3O/c1-3-14-32(15-4-1)36-18-7-8-19-37(36)43-24-13-25-46-48(43)44-29-27-35(31-47(44)55-46)51-53-49(33-16-5-2-6-17-33)52-50(54-51)34-26-28-42-40-22-10-9-20-38(40)39-21-11-12-23-41(39)45(42)30-34/h1-31H. The maximum absolute atomic E-state index is 6.61. The predicted octanol–water partition coefficient (Wildman–Crippen LogP) is 13.6. The summed E-state index contributed by atoms with van der Waals surface area (Å²) in [5.74, 6) is 1.82. The number of hydrogen-bond acceptors (Lipinski definition) is 4. The molecule has 11 aromatic rings. The first kappa shape index (κ1) is 31.1. The number of furan rings is 1. The predicted molar refractivity (Wildman–Crippen MR) is 227 cm³/mol. The molecule has 0 saturated heterocycles. The molecule has 0 aliphatic rings. The van der Waals surface area contributed by atoms with E-state index in [9.17, 15) is 0 Å². The second-order valence-corrected chi connectivity index (χ2v) is 13.9. The summed E-state index contributed by atoms with van der Waals surface area (Å²) in [5.41, 5.74) is 8.99. The highest BCUT2D eigenvalue weighted by molar-refractivity contribution is 6.25. The van der Waals surface area contributed by atoms with E-state index in [1.165, 1.54) is 43.4 Å². The van der Waals surface area contributed by atoms with Gasteiger partial charge in [0.15, 0.2) is 17.5 Å². The molecule has 11 rings (SSSR count). The van der Waals surface area contributed by atoms with Crippen LogP contribution in [0.25, 0.3) is 111 Å². The molecule has 0 saturated carbocycles. The Morgan fingerprint density at radius 2 is 0.745 bits per heavy atom. The summed E-state index contributed by atoms with van der Waals surface area (Å²) >= 11 is 0. The van der Waals surface area contributed by atoms with Gasteiger partial charge in [-0.05, 0) is 78.8 Å². The Morgan fingerprint density at radius 3 is 1.40 bits per heavy atom. The van der Waals surface area contributed by atoms with E-state index < -0.39 is 0 Å². The van der Waals surface area contributed by atoms with Crippen molar-refractivity contribution in [3.63, 3.8) is 0 Å². The van der Waals surface area contributed by atoms with Crippen LogP contribution in [0.1, 0.15) is 0 Å². The van der Waals surface area contributed by atoms with Gasteiger partial charge in [0.2, 0.25) is 0 Å². The normalized spacial score (nSPS) is 11.6. The van der Waals surface area contributed by atoms with Crippen LogP contribution in [0.5, 0.6) is 0 Å². The third-order valence-electron chi connectivity index (χ3n) is 10.7. The second-order valence-electron chi connectivity index (χ2n) is 13.9. The minimum Gasteiger partial charge on any atom is -0.456 e. The van der Waals surface area contributed by atoms with Gasteiger partial charge in [0.05, 0.1) is 0 Å². The largest absolute Gasteiger partial charge is 0.456 e. The SMILES string of the molecule is c1ccc(-c2nc(-c3ccc4c(c3)oc3cccc(-c5ccccc5-c5ccccc5)c34)nc(-c3ccc4c5ccccc5c5ccccc5c4c3)n2)cc1. The van der Waals surface area contributed by atoms with Crippen molar-refractivity contribution in [1.29, 1.82) is 0 Å². The molecule has 2 heterocycles. The average Bonchev–Trinajstić information content (AvgIpc) is 3.65. The molecular weight excluding hydrogens is 671 g/mol. The molecule has 55 heavy (non-hydrogen) atoms. The smallest absolute Gasteiger partial charge is 0.164 e. The van der Waals surface area contributed by atoms with Gasteiger partial charge in [0, 0.05) is 27.5 Å². The van der Waals surface area contributed by atoms with Gasteiger partial charge >= 0.3 is 0 Å². The number of nitrogens with zero attached hydrogens (tertiary/aromatic N) is 3. The van der Waals surface area contributed by atoms with Crippen molar-refractivity contribution < 1.29 is 4.42 Å².